The van der Waals surface area contributed by atoms with Crippen molar-refractivity contribution in [1.29, 1.82) is 0 Å². The number of halogens is 1. The molecule has 0 spiro atoms. The SMILES string of the molecule is CCOc1cc(C)nc(N2CCOC(CBr)C2)n1. The van der Waals surface area contributed by atoms with Crippen molar-refractivity contribution in [1.82, 2.24) is 9.97 Å². The molecule has 0 N–H and O–H groups in total. The summed E-state index contributed by atoms with van der Waals surface area (Å²) in [5, 5.41) is 0.827. The maximum atomic E-state index is 5.61. The summed E-state index contributed by atoms with van der Waals surface area (Å²) in [6.45, 7) is 6.85. The maximum absolute atomic E-state index is 5.61. The van der Waals surface area contributed by atoms with Crippen molar-refractivity contribution in [2.45, 2.75) is 20.0 Å². The van der Waals surface area contributed by atoms with Crippen LogP contribution in [0.3, 0.4) is 0 Å². The Kier molecular flexibility index (Phi) is 4.77. The second-order valence-corrected chi connectivity index (χ2v) is 4.82. The lowest BCUT2D eigenvalue weighted by molar-refractivity contribution is 0.0564. The van der Waals surface area contributed by atoms with E-state index in [0.29, 0.717) is 19.1 Å². The van der Waals surface area contributed by atoms with E-state index in [1.54, 1.807) is 0 Å². The second kappa shape index (κ2) is 6.33. The lowest BCUT2D eigenvalue weighted by atomic mass is 10.3. The van der Waals surface area contributed by atoms with Crippen molar-refractivity contribution in [2.24, 2.45) is 0 Å². The van der Waals surface area contributed by atoms with Gasteiger partial charge in [0.05, 0.1) is 19.3 Å². The van der Waals surface area contributed by atoms with Crippen LogP contribution in [0.25, 0.3) is 0 Å². The Labute approximate surface area is 116 Å². The summed E-state index contributed by atoms with van der Waals surface area (Å²) in [5.74, 6) is 1.37. The van der Waals surface area contributed by atoms with E-state index < -0.39 is 0 Å². The second-order valence-electron chi connectivity index (χ2n) is 4.17. The van der Waals surface area contributed by atoms with Gasteiger partial charge in [0.1, 0.15) is 0 Å². The lowest BCUT2D eigenvalue weighted by Crippen LogP contribution is -2.44. The van der Waals surface area contributed by atoms with Gasteiger partial charge in [-0.1, -0.05) is 15.9 Å². The molecule has 1 aliphatic heterocycles. The Balaban J connectivity index is 2.16. The summed E-state index contributed by atoms with van der Waals surface area (Å²) >= 11 is 3.45. The van der Waals surface area contributed by atoms with Crippen LogP contribution in [0.5, 0.6) is 5.88 Å². The van der Waals surface area contributed by atoms with Gasteiger partial charge in [0.25, 0.3) is 0 Å². The monoisotopic (exact) mass is 315 g/mol. The number of hydrogen-bond acceptors (Lipinski definition) is 5. The predicted octanol–water partition coefficient (Wildman–Crippen LogP) is 1.78. The van der Waals surface area contributed by atoms with Crippen LogP contribution in [0.15, 0.2) is 6.07 Å². The average Bonchev–Trinajstić information content (AvgIpc) is 2.38. The lowest BCUT2D eigenvalue weighted by Gasteiger charge is -2.32. The fourth-order valence-electron chi connectivity index (χ4n) is 1.88. The van der Waals surface area contributed by atoms with E-state index in [1.165, 1.54) is 0 Å². The minimum Gasteiger partial charge on any atom is -0.478 e. The molecule has 2 heterocycles. The Morgan fingerprint density at radius 3 is 3.11 bits per heavy atom. The molecule has 1 unspecified atom stereocenters. The average molecular weight is 316 g/mol. The van der Waals surface area contributed by atoms with Crippen LogP contribution in [-0.2, 0) is 4.74 Å². The molecule has 2 rings (SSSR count). The van der Waals surface area contributed by atoms with E-state index in [0.717, 1.165) is 30.1 Å². The highest BCUT2D eigenvalue weighted by molar-refractivity contribution is 9.09. The number of alkyl halides is 1. The zero-order chi connectivity index (χ0) is 13.0. The van der Waals surface area contributed by atoms with Gasteiger partial charge in [-0.15, -0.1) is 0 Å². The van der Waals surface area contributed by atoms with Gasteiger partial charge in [-0.05, 0) is 13.8 Å². The molecular formula is C12H18BrN3O2. The van der Waals surface area contributed by atoms with Gasteiger partial charge in [-0.25, -0.2) is 4.98 Å². The zero-order valence-corrected chi connectivity index (χ0v) is 12.3. The standard InChI is InChI=1S/C12H18BrN3O2/c1-3-17-11-6-9(2)14-12(15-11)16-4-5-18-10(7-13)8-16/h6,10H,3-5,7-8H2,1-2H3. The molecule has 1 atom stereocenters. The number of nitrogens with zero attached hydrogens (tertiary/aromatic N) is 3. The highest BCUT2D eigenvalue weighted by atomic mass is 79.9. The van der Waals surface area contributed by atoms with E-state index in [9.17, 15) is 0 Å². The first kappa shape index (κ1) is 13.5. The molecule has 0 amide bonds. The Morgan fingerprint density at radius 2 is 2.39 bits per heavy atom. The smallest absolute Gasteiger partial charge is 0.229 e. The van der Waals surface area contributed by atoms with Crippen LogP contribution in [0.1, 0.15) is 12.6 Å². The topological polar surface area (TPSA) is 47.5 Å². The zero-order valence-electron chi connectivity index (χ0n) is 10.7. The minimum atomic E-state index is 0.193. The van der Waals surface area contributed by atoms with Crippen LogP contribution in [0, 0.1) is 6.92 Å². The maximum Gasteiger partial charge on any atom is 0.229 e. The fourth-order valence-corrected chi connectivity index (χ4v) is 2.27. The van der Waals surface area contributed by atoms with E-state index in [-0.39, 0.29) is 6.10 Å². The molecule has 1 aromatic rings. The number of aromatic nitrogens is 2. The molecule has 1 aliphatic rings. The third-order valence-electron chi connectivity index (χ3n) is 2.70. The molecule has 1 aromatic heterocycles. The summed E-state index contributed by atoms with van der Waals surface area (Å²) < 4.78 is 11.1. The normalized spacial score (nSPS) is 19.9. The van der Waals surface area contributed by atoms with Gasteiger partial charge in [0.2, 0.25) is 11.8 Å². The van der Waals surface area contributed by atoms with Gasteiger partial charge in [-0.3, -0.25) is 0 Å². The van der Waals surface area contributed by atoms with E-state index >= 15 is 0 Å². The Bertz CT molecular complexity index is 403. The summed E-state index contributed by atoms with van der Waals surface area (Å²) in [6.07, 6.45) is 0.193. The molecule has 1 saturated heterocycles. The van der Waals surface area contributed by atoms with Crippen molar-refractivity contribution < 1.29 is 9.47 Å². The number of morpholine rings is 1. The van der Waals surface area contributed by atoms with Crippen LogP contribution < -0.4 is 9.64 Å². The van der Waals surface area contributed by atoms with Crippen molar-refractivity contribution in [3.8, 4) is 5.88 Å². The van der Waals surface area contributed by atoms with Crippen molar-refractivity contribution in [3.63, 3.8) is 0 Å². The number of aryl methyl sites for hydroxylation is 1. The van der Waals surface area contributed by atoms with Gasteiger partial charge in [0.15, 0.2) is 0 Å². The van der Waals surface area contributed by atoms with Crippen LogP contribution in [0.2, 0.25) is 0 Å². The van der Waals surface area contributed by atoms with E-state index in [1.807, 2.05) is 19.9 Å². The molecule has 6 heteroatoms. The van der Waals surface area contributed by atoms with Crippen molar-refractivity contribution >= 4 is 21.9 Å². The summed E-state index contributed by atoms with van der Waals surface area (Å²) in [5.41, 5.74) is 0.922. The molecule has 5 nitrogen and oxygen atoms in total. The third kappa shape index (κ3) is 3.32. The van der Waals surface area contributed by atoms with E-state index in [2.05, 4.69) is 30.8 Å². The minimum absolute atomic E-state index is 0.193. The van der Waals surface area contributed by atoms with Crippen LogP contribution in [-0.4, -0.2) is 47.7 Å². The molecule has 0 saturated carbocycles. The molecule has 0 aliphatic carbocycles. The van der Waals surface area contributed by atoms with Crippen LogP contribution >= 0.6 is 15.9 Å². The van der Waals surface area contributed by atoms with Crippen molar-refractivity contribution in [3.05, 3.63) is 11.8 Å². The highest BCUT2D eigenvalue weighted by Gasteiger charge is 2.22. The van der Waals surface area contributed by atoms with E-state index in [4.69, 9.17) is 9.47 Å². The van der Waals surface area contributed by atoms with Gasteiger partial charge >= 0.3 is 0 Å². The Morgan fingerprint density at radius 1 is 1.56 bits per heavy atom. The number of hydrogen-bond donors (Lipinski definition) is 0. The van der Waals surface area contributed by atoms with Gasteiger partial charge < -0.3 is 14.4 Å². The number of ether oxygens (including phenoxy) is 2. The van der Waals surface area contributed by atoms with Crippen LogP contribution in [0.4, 0.5) is 5.95 Å². The third-order valence-corrected chi connectivity index (χ3v) is 3.43. The molecule has 0 radical (unpaired) electrons. The van der Waals surface area contributed by atoms with Gasteiger partial charge in [-0.2, -0.15) is 4.98 Å². The molecular weight excluding hydrogens is 298 g/mol. The molecule has 18 heavy (non-hydrogen) atoms. The first-order valence-corrected chi connectivity index (χ1v) is 7.26. The predicted molar refractivity (Wildman–Crippen MR) is 73.7 cm³/mol. The van der Waals surface area contributed by atoms with Crippen molar-refractivity contribution in [2.75, 3.05) is 36.5 Å². The molecule has 1 fully saturated rings. The number of anilines is 1. The first-order chi connectivity index (χ1) is 8.72. The fraction of sp³-hybridized carbons (Fsp3) is 0.667. The Hall–Kier alpha value is -0.880. The number of rotatable bonds is 4. The summed E-state index contributed by atoms with van der Waals surface area (Å²) in [4.78, 5) is 11.1. The molecule has 0 aromatic carbocycles. The highest BCUT2D eigenvalue weighted by Crippen LogP contribution is 2.18. The largest absolute Gasteiger partial charge is 0.478 e. The quantitative estimate of drug-likeness (QED) is 0.793. The summed E-state index contributed by atoms with van der Waals surface area (Å²) in [6, 6.07) is 1.86. The molecule has 100 valence electrons. The first-order valence-electron chi connectivity index (χ1n) is 6.14. The molecule has 0 bridgehead atoms. The summed E-state index contributed by atoms with van der Waals surface area (Å²) in [7, 11) is 0. The van der Waals surface area contributed by atoms with Gasteiger partial charge in [0, 0.05) is 30.2 Å².